The van der Waals surface area contributed by atoms with Crippen LogP contribution in [0.5, 0.6) is 0 Å². The summed E-state index contributed by atoms with van der Waals surface area (Å²) in [6.45, 7) is 0. The Balaban J connectivity index is 1.96. The van der Waals surface area contributed by atoms with Crippen LogP contribution >= 0.6 is 24.0 Å². The number of thioether (sulfide) groups is 1. The van der Waals surface area contributed by atoms with Crippen molar-refractivity contribution in [1.82, 2.24) is 5.32 Å². The van der Waals surface area contributed by atoms with Crippen LogP contribution in [0.1, 0.15) is 5.56 Å². The Morgan fingerprint density at radius 2 is 1.82 bits per heavy atom. The smallest absolute Gasteiger partial charge is 0.263 e. The van der Waals surface area contributed by atoms with Crippen LogP contribution in [-0.2, 0) is 4.79 Å². The molecule has 0 saturated carbocycles. The van der Waals surface area contributed by atoms with Crippen LogP contribution in [0.3, 0.4) is 0 Å². The van der Waals surface area contributed by atoms with E-state index in [0.29, 0.717) is 14.8 Å². The van der Waals surface area contributed by atoms with Crippen molar-refractivity contribution < 1.29 is 13.6 Å². The molecule has 0 aromatic heterocycles. The Kier molecular flexibility index (Phi) is 4.04. The maximum atomic E-state index is 13.3. The minimum atomic E-state index is -0.891. The standard InChI is InChI=1S/C16H9F2NOS2/c17-12-5-4-11(8-13(12)18)10-3-1-2-9(6-10)7-14-15(20)19-16(21)22-14/h1-8H,(H,19,20,21). The second-order valence-corrected chi connectivity index (χ2v) is 6.33. The van der Waals surface area contributed by atoms with E-state index in [0.717, 1.165) is 23.3 Å². The van der Waals surface area contributed by atoms with Crippen LogP contribution in [0.15, 0.2) is 47.4 Å². The van der Waals surface area contributed by atoms with Gasteiger partial charge < -0.3 is 5.32 Å². The molecule has 22 heavy (non-hydrogen) atoms. The van der Waals surface area contributed by atoms with Crippen LogP contribution in [0.2, 0.25) is 0 Å². The molecular formula is C16H9F2NOS2. The zero-order valence-corrected chi connectivity index (χ0v) is 12.7. The molecular weight excluding hydrogens is 324 g/mol. The summed E-state index contributed by atoms with van der Waals surface area (Å²) < 4.78 is 26.8. The second kappa shape index (κ2) is 5.98. The van der Waals surface area contributed by atoms with E-state index in [1.165, 1.54) is 17.8 Å². The third kappa shape index (κ3) is 3.08. The Hall–Kier alpha value is -2.05. The van der Waals surface area contributed by atoms with E-state index in [-0.39, 0.29) is 5.91 Å². The molecule has 0 radical (unpaired) electrons. The highest BCUT2D eigenvalue weighted by molar-refractivity contribution is 8.26. The van der Waals surface area contributed by atoms with Gasteiger partial charge in [0.25, 0.3) is 5.91 Å². The molecule has 1 saturated heterocycles. The van der Waals surface area contributed by atoms with E-state index >= 15 is 0 Å². The lowest BCUT2D eigenvalue weighted by Crippen LogP contribution is -2.17. The summed E-state index contributed by atoms with van der Waals surface area (Å²) >= 11 is 6.13. The number of hydrogen-bond donors (Lipinski definition) is 1. The van der Waals surface area contributed by atoms with Gasteiger partial charge in [-0.25, -0.2) is 8.78 Å². The van der Waals surface area contributed by atoms with Crippen LogP contribution in [-0.4, -0.2) is 10.2 Å². The molecule has 110 valence electrons. The summed E-state index contributed by atoms with van der Waals surface area (Å²) in [5.74, 6) is -2.00. The van der Waals surface area contributed by atoms with Crippen molar-refractivity contribution in [2.45, 2.75) is 0 Å². The fourth-order valence-electron chi connectivity index (χ4n) is 2.06. The number of halogens is 2. The molecule has 2 aromatic rings. The van der Waals surface area contributed by atoms with Gasteiger partial charge in [-0.2, -0.15) is 0 Å². The molecule has 1 aliphatic rings. The van der Waals surface area contributed by atoms with Crippen molar-refractivity contribution in [3.05, 3.63) is 64.6 Å². The maximum absolute atomic E-state index is 13.3. The molecule has 1 amide bonds. The Bertz CT molecular complexity index is 818. The minimum absolute atomic E-state index is 0.228. The van der Waals surface area contributed by atoms with Gasteiger partial charge in [-0.1, -0.05) is 48.2 Å². The monoisotopic (exact) mass is 333 g/mol. The fraction of sp³-hybridized carbons (Fsp3) is 0. The first-order valence-electron chi connectivity index (χ1n) is 6.33. The first-order valence-corrected chi connectivity index (χ1v) is 7.56. The van der Waals surface area contributed by atoms with Crippen LogP contribution in [0.4, 0.5) is 8.78 Å². The lowest BCUT2D eigenvalue weighted by Gasteiger charge is -2.04. The van der Waals surface area contributed by atoms with Gasteiger partial charge in [0, 0.05) is 0 Å². The largest absolute Gasteiger partial charge is 0.307 e. The normalized spacial score (nSPS) is 16.2. The predicted octanol–water partition coefficient (Wildman–Crippen LogP) is 4.12. The van der Waals surface area contributed by atoms with Gasteiger partial charge in [-0.15, -0.1) is 0 Å². The number of amides is 1. The molecule has 0 spiro atoms. The summed E-state index contributed by atoms with van der Waals surface area (Å²) in [6, 6.07) is 11.0. The molecule has 6 heteroatoms. The third-order valence-corrected chi connectivity index (χ3v) is 4.24. The molecule has 1 fully saturated rings. The lowest BCUT2D eigenvalue weighted by atomic mass is 10.0. The van der Waals surface area contributed by atoms with E-state index in [9.17, 15) is 13.6 Å². The number of thiocarbonyl (C=S) groups is 1. The molecule has 1 N–H and O–H groups in total. The second-order valence-electron chi connectivity index (χ2n) is 4.61. The summed E-state index contributed by atoms with van der Waals surface area (Å²) in [5.41, 5.74) is 2.09. The molecule has 2 aromatic carbocycles. The highest BCUT2D eigenvalue weighted by atomic mass is 32.2. The maximum Gasteiger partial charge on any atom is 0.263 e. The molecule has 0 unspecified atom stereocenters. The highest BCUT2D eigenvalue weighted by Gasteiger charge is 2.21. The van der Waals surface area contributed by atoms with Crippen LogP contribution in [0, 0.1) is 11.6 Å². The van der Waals surface area contributed by atoms with Crippen LogP contribution < -0.4 is 5.32 Å². The van der Waals surface area contributed by atoms with E-state index < -0.39 is 11.6 Å². The van der Waals surface area contributed by atoms with E-state index in [4.69, 9.17) is 12.2 Å². The Labute approximate surface area is 135 Å². The van der Waals surface area contributed by atoms with Gasteiger partial charge in [0.2, 0.25) is 0 Å². The topological polar surface area (TPSA) is 29.1 Å². The molecule has 0 aliphatic carbocycles. The lowest BCUT2D eigenvalue weighted by molar-refractivity contribution is -0.115. The summed E-state index contributed by atoms with van der Waals surface area (Å²) in [7, 11) is 0. The number of benzene rings is 2. The molecule has 0 atom stereocenters. The van der Waals surface area contributed by atoms with Crippen molar-refractivity contribution in [1.29, 1.82) is 0 Å². The number of rotatable bonds is 2. The third-order valence-electron chi connectivity index (χ3n) is 3.08. The Morgan fingerprint density at radius 3 is 2.50 bits per heavy atom. The fourth-order valence-corrected chi connectivity index (χ4v) is 3.10. The molecule has 2 nitrogen and oxygen atoms in total. The van der Waals surface area contributed by atoms with Gasteiger partial charge in [0.1, 0.15) is 4.32 Å². The van der Waals surface area contributed by atoms with Gasteiger partial charge in [-0.3, -0.25) is 4.79 Å². The summed E-state index contributed by atoms with van der Waals surface area (Å²) in [6.07, 6.45) is 1.71. The number of hydrogen-bond acceptors (Lipinski definition) is 3. The quantitative estimate of drug-likeness (QED) is 0.662. The summed E-state index contributed by atoms with van der Waals surface area (Å²) in [5, 5.41) is 2.54. The van der Waals surface area contributed by atoms with Gasteiger partial charge in [0.05, 0.1) is 4.91 Å². The van der Waals surface area contributed by atoms with Crippen LogP contribution in [0.25, 0.3) is 17.2 Å². The van der Waals surface area contributed by atoms with Crippen molar-refractivity contribution in [3.8, 4) is 11.1 Å². The SMILES string of the molecule is O=C1NC(=S)SC1=Cc1cccc(-c2ccc(F)c(F)c2)c1. The highest BCUT2D eigenvalue weighted by Crippen LogP contribution is 2.28. The Morgan fingerprint density at radius 1 is 1.05 bits per heavy atom. The molecule has 3 rings (SSSR count). The zero-order chi connectivity index (χ0) is 15.7. The minimum Gasteiger partial charge on any atom is -0.307 e. The van der Waals surface area contributed by atoms with Crippen molar-refractivity contribution in [2.24, 2.45) is 0 Å². The molecule has 0 bridgehead atoms. The zero-order valence-electron chi connectivity index (χ0n) is 11.1. The van der Waals surface area contributed by atoms with Crippen molar-refractivity contribution in [2.75, 3.05) is 0 Å². The first kappa shape index (κ1) is 14.9. The predicted molar refractivity (Wildman–Crippen MR) is 88.1 cm³/mol. The summed E-state index contributed by atoms with van der Waals surface area (Å²) in [4.78, 5) is 12.2. The number of nitrogens with one attached hydrogen (secondary N) is 1. The van der Waals surface area contributed by atoms with E-state index in [1.54, 1.807) is 24.3 Å². The molecule has 1 heterocycles. The van der Waals surface area contributed by atoms with Gasteiger partial charge in [0.15, 0.2) is 11.6 Å². The van der Waals surface area contributed by atoms with Crippen molar-refractivity contribution >= 4 is 40.3 Å². The average Bonchev–Trinajstić information content (AvgIpc) is 2.80. The van der Waals surface area contributed by atoms with Gasteiger partial charge >= 0.3 is 0 Å². The number of carbonyl (C=O) groups excluding carboxylic acids is 1. The number of carbonyl (C=O) groups is 1. The van der Waals surface area contributed by atoms with Gasteiger partial charge in [-0.05, 0) is 41.0 Å². The van der Waals surface area contributed by atoms with E-state index in [1.807, 2.05) is 6.07 Å². The average molecular weight is 333 g/mol. The van der Waals surface area contributed by atoms with Crippen molar-refractivity contribution in [3.63, 3.8) is 0 Å². The first-order chi connectivity index (χ1) is 10.5. The molecule has 1 aliphatic heterocycles. The van der Waals surface area contributed by atoms with E-state index in [2.05, 4.69) is 5.32 Å².